The summed E-state index contributed by atoms with van der Waals surface area (Å²) in [5.74, 6) is 0. The molecule has 1 saturated carbocycles. The Kier molecular flexibility index (Phi) is 4.06. The van der Waals surface area contributed by atoms with Crippen molar-refractivity contribution in [1.29, 1.82) is 0 Å². The second-order valence-electron chi connectivity index (χ2n) is 5.04. The molecule has 2 heteroatoms. The third-order valence-electron chi connectivity index (χ3n) is 3.80. The number of benzene rings is 1. The second-order valence-corrected chi connectivity index (χ2v) is 5.04. The number of aliphatic hydroxyl groups is 1. The van der Waals surface area contributed by atoms with Crippen molar-refractivity contribution in [2.24, 2.45) is 0 Å². The van der Waals surface area contributed by atoms with E-state index in [9.17, 15) is 5.11 Å². The predicted octanol–water partition coefficient (Wildman–Crippen LogP) is 3.12. The number of aliphatic hydroxyl groups excluding tert-OH is 1. The minimum absolute atomic E-state index is 0.162. The van der Waals surface area contributed by atoms with Gasteiger partial charge in [-0.25, -0.2) is 0 Å². The van der Waals surface area contributed by atoms with Gasteiger partial charge in [-0.1, -0.05) is 30.5 Å². The Morgan fingerprint density at radius 3 is 2.41 bits per heavy atom. The average Bonchev–Trinajstić information content (AvgIpc) is 2.35. The molecule has 17 heavy (non-hydrogen) atoms. The van der Waals surface area contributed by atoms with Gasteiger partial charge in [0, 0.05) is 12.2 Å². The molecule has 0 amide bonds. The third-order valence-corrected chi connectivity index (χ3v) is 3.80. The number of rotatable bonds is 3. The molecule has 94 valence electrons. The van der Waals surface area contributed by atoms with Gasteiger partial charge in [-0.15, -0.1) is 0 Å². The first-order chi connectivity index (χ1) is 8.22. The Labute approximate surface area is 104 Å². The van der Waals surface area contributed by atoms with Gasteiger partial charge in [0.15, 0.2) is 0 Å². The summed E-state index contributed by atoms with van der Waals surface area (Å²) in [4.78, 5) is 2.35. The highest BCUT2D eigenvalue weighted by Crippen LogP contribution is 2.27. The summed E-state index contributed by atoms with van der Waals surface area (Å²) < 4.78 is 0. The number of hydrogen-bond donors (Lipinski definition) is 1. The minimum atomic E-state index is -0.162. The lowest BCUT2D eigenvalue weighted by molar-refractivity contribution is 0.104. The normalized spacial score (nSPS) is 24.6. The van der Waals surface area contributed by atoms with Gasteiger partial charge in [0.25, 0.3) is 0 Å². The van der Waals surface area contributed by atoms with Crippen molar-refractivity contribution in [3.05, 3.63) is 29.8 Å². The molecule has 0 spiro atoms. The number of anilines is 1. The summed E-state index contributed by atoms with van der Waals surface area (Å²) in [7, 11) is 0. The third kappa shape index (κ3) is 2.81. The molecule has 1 aromatic rings. The molecule has 0 heterocycles. The summed E-state index contributed by atoms with van der Waals surface area (Å²) >= 11 is 0. The topological polar surface area (TPSA) is 23.5 Å². The monoisotopic (exact) mass is 233 g/mol. The van der Waals surface area contributed by atoms with E-state index in [1.165, 1.54) is 24.1 Å². The average molecular weight is 233 g/mol. The molecule has 1 aliphatic carbocycles. The quantitative estimate of drug-likeness (QED) is 0.867. The second kappa shape index (κ2) is 5.54. The van der Waals surface area contributed by atoms with Gasteiger partial charge in [0.05, 0.1) is 12.1 Å². The zero-order chi connectivity index (χ0) is 12.3. The van der Waals surface area contributed by atoms with Gasteiger partial charge in [-0.05, 0) is 38.8 Å². The number of likely N-dealkylation sites (N-methyl/N-ethyl adjacent to an activating group) is 1. The Balaban J connectivity index is 2.17. The molecule has 0 saturated heterocycles. The van der Waals surface area contributed by atoms with Crippen molar-refractivity contribution in [3.8, 4) is 0 Å². The van der Waals surface area contributed by atoms with Crippen LogP contribution in [0.4, 0.5) is 5.69 Å². The van der Waals surface area contributed by atoms with Crippen LogP contribution >= 0.6 is 0 Å². The van der Waals surface area contributed by atoms with E-state index in [4.69, 9.17) is 0 Å². The van der Waals surface area contributed by atoms with E-state index in [1.54, 1.807) is 0 Å². The van der Waals surface area contributed by atoms with E-state index in [0.717, 1.165) is 19.4 Å². The molecule has 0 radical (unpaired) electrons. The van der Waals surface area contributed by atoms with Crippen LogP contribution in [-0.4, -0.2) is 23.8 Å². The predicted molar refractivity (Wildman–Crippen MR) is 72.5 cm³/mol. The Hall–Kier alpha value is -1.02. The molecule has 0 aliphatic heterocycles. The van der Waals surface area contributed by atoms with Crippen LogP contribution in [0.2, 0.25) is 0 Å². The Morgan fingerprint density at radius 2 is 1.82 bits per heavy atom. The highest BCUT2D eigenvalue weighted by atomic mass is 16.3. The SMILES string of the molecule is CCN(c1ccc(C)cc1)[C@@H]1CCCC[C@H]1O. The fourth-order valence-corrected chi connectivity index (χ4v) is 2.80. The number of hydrogen-bond acceptors (Lipinski definition) is 2. The number of nitrogens with zero attached hydrogens (tertiary/aromatic N) is 1. The first-order valence-corrected chi connectivity index (χ1v) is 6.73. The van der Waals surface area contributed by atoms with Crippen molar-refractivity contribution in [3.63, 3.8) is 0 Å². The molecule has 1 N–H and O–H groups in total. The molecule has 0 unspecified atom stereocenters. The lowest BCUT2D eigenvalue weighted by Gasteiger charge is -2.38. The van der Waals surface area contributed by atoms with Gasteiger partial charge in [0.2, 0.25) is 0 Å². The van der Waals surface area contributed by atoms with Gasteiger partial charge in [-0.3, -0.25) is 0 Å². The molecular weight excluding hydrogens is 210 g/mol. The van der Waals surface area contributed by atoms with Gasteiger partial charge >= 0.3 is 0 Å². The van der Waals surface area contributed by atoms with Crippen LogP contribution in [0.5, 0.6) is 0 Å². The number of aryl methyl sites for hydroxylation is 1. The van der Waals surface area contributed by atoms with Gasteiger partial charge in [-0.2, -0.15) is 0 Å². The Morgan fingerprint density at radius 1 is 1.18 bits per heavy atom. The molecular formula is C15H23NO. The van der Waals surface area contributed by atoms with E-state index in [1.807, 2.05) is 0 Å². The van der Waals surface area contributed by atoms with Gasteiger partial charge < -0.3 is 10.0 Å². The smallest absolute Gasteiger partial charge is 0.0743 e. The fourth-order valence-electron chi connectivity index (χ4n) is 2.80. The van der Waals surface area contributed by atoms with Crippen LogP contribution in [-0.2, 0) is 0 Å². The highest BCUT2D eigenvalue weighted by Gasteiger charge is 2.27. The fraction of sp³-hybridized carbons (Fsp3) is 0.600. The standard InChI is InChI=1S/C15H23NO/c1-3-16(13-10-8-12(2)9-11-13)14-6-4-5-7-15(14)17/h8-11,14-15,17H,3-7H2,1-2H3/t14-,15-/m1/s1. The summed E-state index contributed by atoms with van der Waals surface area (Å²) in [6.45, 7) is 5.24. The first kappa shape index (κ1) is 12.4. The minimum Gasteiger partial charge on any atom is -0.391 e. The van der Waals surface area contributed by atoms with Crippen LogP contribution in [0.15, 0.2) is 24.3 Å². The summed E-state index contributed by atoms with van der Waals surface area (Å²) in [6, 6.07) is 8.93. The van der Waals surface area contributed by atoms with Crippen LogP contribution in [0.25, 0.3) is 0 Å². The summed E-state index contributed by atoms with van der Waals surface area (Å²) in [5.41, 5.74) is 2.53. The maximum absolute atomic E-state index is 10.1. The van der Waals surface area contributed by atoms with Crippen molar-refractivity contribution < 1.29 is 5.11 Å². The van der Waals surface area contributed by atoms with Crippen LogP contribution in [0, 0.1) is 6.92 Å². The lowest BCUT2D eigenvalue weighted by Crippen LogP contribution is -2.45. The molecule has 1 aromatic carbocycles. The maximum Gasteiger partial charge on any atom is 0.0743 e. The lowest BCUT2D eigenvalue weighted by atomic mass is 9.91. The van der Waals surface area contributed by atoms with E-state index in [0.29, 0.717) is 6.04 Å². The van der Waals surface area contributed by atoms with E-state index in [-0.39, 0.29) is 6.10 Å². The zero-order valence-corrected chi connectivity index (χ0v) is 10.9. The molecule has 2 atom stereocenters. The highest BCUT2D eigenvalue weighted by molar-refractivity contribution is 5.48. The van der Waals surface area contributed by atoms with Crippen molar-refractivity contribution in [2.45, 2.75) is 51.7 Å². The first-order valence-electron chi connectivity index (χ1n) is 6.73. The zero-order valence-electron chi connectivity index (χ0n) is 10.9. The Bertz CT molecular complexity index is 346. The molecule has 0 aromatic heterocycles. The van der Waals surface area contributed by atoms with Crippen molar-refractivity contribution in [2.75, 3.05) is 11.4 Å². The molecule has 1 aliphatic rings. The van der Waals surface area contributed by atoms with Crippen LogP contribution < -0.4 is 4.90 Å². The maximum atomic E-state index is 10.1. The molecule has 0 bridgehead atoms. The molecule has 2 rings (SSSR count). The van der Waals surface area contributed by atoms with E-state index < -0.39 is 0 Å². The van der Waals surface area contributed by atoms with Gasteiger partial charge in [0.1, 0.15) is 0 Å². The van der Waals surface area contributed by atoms with E-state index in [2.05, 4.69) is 43.0 Å². The van der Waals surface area contributed by atoms with Crippen LogP contribution in [0.3, 0.4) is 0 Å². The van der Waals surface area contributed by atoms with Crippen molar-refractivity contribution in [1.82, 2.24) is 0 Å². The van der Waals surface area contributed by atoms with Crippen molar-refractivity contribution >= 4 is 5.69 Å². The largest absolute Gasteiger partial charge is 0.391 e. The van der Waals surface area contributed by atoms with E-state index >= 15 is 0 Å². The molecule has 1 fully saturated rings. The summed E-state index contributed by atoms with van der Waals surface area (Å²) in [6.07, 6.45) is 4.31. The van der Waals surface area contributed by atoms with Crippen LogP contribution in [0.1, 0.15) is 38.2 Å². The molecule has 2 nitrogen and oxygen atoms in total. The summed E-state index contributed by atoms with van der Waals surface area (Å²) in [5, 5.41) is 10.1.